The minimum atomic E-state index is -5.19. The van der Waals surface area contributed by atoms with Crippen molar-refractivity contribution in [1.29, 1.82) is 0 Å². The number of amides is 3. The van der Waals surface area contributed by atoms with Crippen molar-refractivity contribution in [3.63, 3.8) is 0 Å². The summed E-state index contributed by atoms with van der Waals surface area (Å²) in [4.78, 5) is 90.1. The van der Waals surface area contributed by atoms with Gasteiger partial charge >= 0.3 is 21.2 Å². The van der Waals surface area contributed by atoms with Crippen LogP contribution >= 0.6 is 15.2 Å². The van der Waals surface area contributed by atoms with Gasteiger partial charge in [-0.15, -0.1) is 0 Å². The Balaban J connectivity index is 2.11. The van der Waals surface area contributed by atoms with E-state index in [0.717, 1.165) is 4.90 Å². The molecule has 2 aliphatic heterocycles. The molecule has 2 aliphatic rings. The largest absolute Gasteiger partial charge is 0.479 e. The standard InChI is InChI=1S/C21H38N4O12P2/c1-11(2)9-13(22-18(27)15-16(37-15)20(29)30)17(26)23-14(10-12(3)4)19(28)24-5-7-25(8-6-24)21(38(31,32)33)39(34,35)36/h11-16,21H,5-10H2,1-4H3,(H,22,27)(H,23,26)(H,29,30)(H2,31,32,33)(H2,34,35,36)/t13-,14-,15-,16-/m0/s1. The number of carbonyl (C=O) groups is 4. The van der Waals surface area contributed by atoms with Crippen LogP contribution in [0.3, 0.4) is 0 Å². The molecule has 39 heavy (non-hydrogen) atoms. The predicted octanol–water partition coefficient (Wildman–Crippen LogP) is -1.32. The van der Waals surface area contributed by atoms with Gasteiger partial charge in [0.25, 0.3) is 5.91 Å². The fourth-order valence-corrected chi connectivity index (χ4v) is 7.32. The molecule has 0 spiro atoms. The van der Waals surface area contributed by atoms with Crippen molar-refractivity contribution in [3.05, 3.63) is 0 Å². The minimum Gasteiger partial charge on any atom is -0.479 e. The third-order valence-corrected chi connectivity index (χ3v) is 9.87. The monoisotopic (exact) mass is 600 g/mol. The van der Waals surface area contributed by atoms with Crippen LogP contribution in [0.4, 0.5) is 0 Å². The number of nitrogens with zero attached hydrogens (tertiary/aromatic N) is 2. The van der Waals surface area contributed by atoms with Gasteiger partial charge < -0.3 is 45.0 Å². The lowest BCUT2D eigenvalue weighted by Gasteiger charge is -2.40. The summed E-state index contributed by atoms with van der Waals surface area (Å²) in [6.07, 6.45) is -2.06. The normalized spacial score (nSPS) is 22.1. The number of hydrogen-bond donors (Lipinski definition) is 7. The molecular formula is C21H38N4O12P2. The average molecular weight is 600 g/mol. The first kappa shape index (κ1) is 33.3. The van der Waals surface area contributed by atoms with E-state index in [2.05, 4.69) is 10.6 Å². The Labute approximate surface area is 225 Å². The second-order valence-electron chi connectivity index (χ2n) is 10.6. The summed E-state index contributed by atoms with van der Waals surface area (Å²) in [7, 11) is -10.4. The number of carbonyl (C=O) groups excluding carboxylic acids is 3. The van der Waals surface area contributed by atoms with E-state index in [1.165, 1.54) is 4.90 Å². The Morgan fingerprint density at radius 3 is 1.72 bits per heavy atom. The predicted molar refractivity (Wildman–Crippen MR) is 135 cm³/mol. The summed E-state index contributed by atoms with van der Waals surface area (Å²) in [5, 5.41) is 14.1. The van der Waals surface area contributed by atoms with Gasteiger partial charge in [-0.05, 0) is 24.7 Å². The molecule has 3 amide bonds. The highest BCUT2D eigenvalue weighted by molar-refractivity contribution is 7.70. The highest BCUT2D eigenvalue weighted by atomic mass is 31.2. The zero-order chi connectivity index (χ0) is 29.9. The third-order valence-electron chi connectivity index (χ3n) is 6.21. The number of epoxide rings is 1. The molecule has 224 valence electrons. The van der Waals surface area contributed by atoms with Crippen molar-refractivity contribution in [2.24, 2.45) is 11.8 Å². The summed E-state index contributed by atoms with van der Waals surface area (Å²) >= 11 is 0. The Morgan fingerprint density at radius 2 is 1.31 bits per heavy atom. The van der Waals surface area contributed by atoms with Gasteiger partial charge in [0.05, 0.1) is 0 Å². The molecule has 2 fully saturated rings. The van der Waals surface area contributed by atoms with E-state index in [1.807, 2.05) is 27.7 Å². The second-order valence-corrected chi connectivity index (χ2v) is 14.3. The van der Waals surface area contributed by atoms with Gasteiger partial charge in [0.15, 0.2) is 12.2 Å². The first-order valence-corrected chi connectivity index (χ1v) is 15.8. The SMILES string of the molecule is CC(C)C[C@H](NC(=O)[C@H]1O[C@@H]1C(=O)O)C(=O)N[C@@H](CC(C)C)C(=O)N1CCN(C(P(=O)(O)O)P(=O)(O)O)CC1. The average Bonchev–Trinajstić information content (AvgIpc) is 3.57. The molecule has 16 nitrogen and oxygen atoms in total. The van der Waals surface area contributed by atoms with Crippen LogP contribution in [0, 0.1) is 11.8 Å². The Morgan fingerprint density at radius 1 is 0.821 bits per heavy atom. The van der Waals surface area contributed by atoms with Crippen LogP contribution in [0.25, 0.3) is 0 Å². The molecule has 0 radical (unpaired) electrons. The molecular weight excluding hydrogens is 562 g/mol. The third kappa shape index (κ3) is 9.61. The fraction of sp³-hybridized carbons (Fsp3) is 0.810. The van der Waals surface area contributed by atoms with E-state index in [4.69, 9.17) is 9.84 Å². The first-order chi connectivity index (χ1) is 17.8. The number of piperazine rings is 1. The van der Waals surface area contributed by atoms with Gasteiger partial charge in [-0.25, -0.2) is 4.79 Å². The van der Waals surface area contributed by atoms with Crippen LogP contribution in [0.5, 0.6) is 0 Å². The van der Waals surface area contributed by atoms with Crippen molar-refractivity contribution in [1.82, 2.24) is 20.4 Å². The first-order valence-electron chi connectivity index (χ1n) is 12.4. The molecule has 2 rings (SSSR count). The molecule has 2 heterocycles. The maximum absolute atomic E-state index is 13.4. The minimum absolute atomic E-state index is 0.0384. The number of carboxylic acids is 1. The number of ether oxygens (including phenoxy) is 1. The summed E-state index contributed by atoms with van der Waals surface area (Å²) in [5.41, 5.74) is -2.31. The lowest BCUT2D eigenvalue weighted by Crippen LogP contribution is -2.58. The highest BCUT2D eigenvalue weighted by Gasteiger charge is 2.51. The number of aliphatic carboxylic acids is 1. The molecule has 0 saturated carbocycles. The Kier molecular flexibility index (Phi) is 11.3. The number of hydrogen-bond acceptors (Lipinski definition) is 8. The van der Waals surface area contributed by atoms with Crippen LogP contribution < -0.4 is 10.6 Å². The van der Waals surface area contributed by atoms with Gasteiger partial charge in [-0.2, -0.15) is 0 Å². The van der Waals surface area contributed by atoms with E-state index < -0.39 is 68.7 Å². The van der Waals surface area contributed by atoms with E-state index in [0.29, 0.717) is 0 Å². The second kappa shape index (κ2) is 13.2. The van der Waals surface area contributed by atoms with Gasteiger partial charge in [0.2, 0.25) is 17.3 Å². The van der Waals surface area contributed by atoms with Crippen molar-refractivity contribution >= 4 is 38.9 Å². The zero-order valence-electron chi connectivity index (χ0n) is 22.2. The Bertz CT molecular complexity index is 998. The zero-order valence-corrected chi connectivity index (χ0v) is 24.0. The molecule has 0 bridgehead atoms. The summed E-state index contributed by atoms with van der Waals surface area (Å²) in [6, 6.07) is -2.08. The van der Waals surface area contributed by atoms with Crippen molar-refractivity contribution in [2.45, 2.75) is 70.4 Å². The van der Waals surface area contributed by atoms with E-state index >= 15 is 0 Å². The van der Waals surface area contributed by atoms with Crippen LogP contribution in [-0.4, -0.2) is 114 Å². The van der Waals surface area contributed by atoms with E-state index in [1.54, 1.807) is 0 Å². The van der Waals surface area contributed by atoms with Gasteiger partial charge in [-0.1, -0.05) is 27.7 Å². The molecule has 0 unspecified atom stereocenters. The smallest absolute Gasteiger partial charge is 0.354 e. The fourth-order valence-electron chi connectivity index (χ4n) is 4.44. The van der Waals surface area contributed by atoms with Crippen molar-refractivity contribution in [2.75, 3.05) is 26.2 Å². The van der Waals surface area contributed by atoms with Crippen LogP contribution in [-0.2, 0) is 33.0 Å². The molecule has 0 aromatic heterocycles. The molecule has 2 saturated heterocycles. The van der Waals surface area contributed by atoms with Gasteiger partial charge in [0, 0.05) is 26.2 Å². The van der Waals surface area contributed by atoms with E-state index in [-0.39, 0.29) is 50.9 Å². The molecule has 7 N–H and O–H groups in total. The maximum atomic E-state index is 13.4. The number of rotatable bonds is 13. The molecule has 0 aromatic rings. The van der Waals surface area contributed by atoms with Crippen LogP contribution in [0.1, 0.15) is 40.5 Å². The summed E-state index contributed by atoms with van der Waals surface area (Å²) < 4.78 is 28.3. The summed E-state index contributed by atoms with van der Waals surface area (Å²) in [6.45, 7) is 6.68. The van der Waals surface area contributed by atoms with Gasteiger partial charge in [-0.3, -0.25) is 28.4 Å². The Hall–Kier alpha value is -1.90. The molecule has 0 aromatic carbocycles. The lowest BCUT2D eigenvalue weighted by molar-refractivity contribution is -0.139. The molecule has 18 heteroatoms. The van der Waals surface area contributed by atoms with Crippen molar-refractivity contribution < 1.29 is 57.7 Å². The van der Waals surface area contributed by atoms with Crippen molar-refractivity contribution in [3.8, 4) is 0 Å². The number of carboxylic acid groups (broad SMARTS) is 1. The van der Waals surface area contributed by atoms with Gasteiger partial charge in [0.1, 0.15) is 12.1 Å². The van der Waals surface area contributed by atoms with E-state index in [9.17, 15) is 47.9 Å². The highest BCUT2D eigenvalue weighted by Crippen LogP contribution is 2.61. The quantitative estimate of drug-likeness (QED) is 0.0959. The molecule has 4 atom stereocenters. The van der Waals surface area contributed by atoms with Crippen LogP contribution in [0.15, 0.2) is 0 Å². The lowest BCUT2D eigenvalue weighted by atomic mass is 9.99. The number of nitrogens with one attached hydrogen (secondary N) is 2. The topological polar surface area (TPSA) is 247 Å². The molecule has 0 aliphatic carbocycles. The maximum Gasteiger partial charge on any atom is 0.354 e. The van der Waals surface area contributed by atoms with Crippen LogP contribution in [0.2, 0.25) is 0 Å². The summed E-state index contributed by atoms with van der Waals surface area (Å²) in [5.74, 6) is -3.27.